The van der Waals surface area contributed by atoms with Crippen molar-refractivity contribution in [2.75, 3.05) is 18.4 Å². The molecular weight excluding hydrogens is 268 g/mol. The first-order valence-corrected chi connectivity index (χ1v) is 6.85. The van der Waals surface area contributed by atoms with Gasteiger partial charge in [-0.1, -0.05) is 0 Å². The highest BCUT2D eigenvalue weighted by Gasteiger charge is 2.15. The summed E-state index contributed by atoms with van der Waals surface area (Å²) in [7, 11) is 0. The Hall–Kier alpha value is -2.37. The Labute approximate surface area is 123 Å². The number of ether oxygens (including phenoxy) is 1. The molecule has 1 aromatic heterocycles. The molecule has 0 aliphatic rings. The van der Waals surface area contributed by atoms with Crippen molar-refractivity contribution >= 4 is 22.8 Å². The highest BCUT2D eigenvalue weighted by Crippen LogP contribution is 2.14. The number of rotatable bonds is 4. The first-order chi connectivity index (χ1) is 9.94. The molecule has 0 unspecified atom stereocenters. The van der Waals surface area contributed by atoms with Crippen LogP contribution in [0.3, 0.4) is 0 Å². The van der Waals surface area contributed by atoms with E-state index >= 15 is 0 Å². The summed E-state index contributed by atoms with van der Waals surface area (Å²) in [4.78, 5) is 19.9. The molecule has 0 bridgehead atoms. The van der Waals surface area contributed by atoms with Crippen LogP contribution in [-0.2, 0) is 4.74 Å². The minimum atomic E-state index is -0.478. The van der Waals surface area contributed by atoms with Crippen molar-refractivity contribution in [2.24, 2.45) is 0 Å². The predicted molar refractivity (Wildman–Crippen MR) is 82.3 cm³/mol. The monoisotopic (exact) mass is 288 g/mol. The van der Waals surface area contributed by atoms with Gasteiger partial charge >= 0.3 is 6.09 Å². The van der Waals surface area contributed by atoms with Crippen LogP contribution in [0.4, 0.5) is 10.5 Å². The Morgan fingerprint density at radius 2 is 1.86 bits per heavy atom. The van der Waals surface area contributed by atoms with E-state index in [9.17, 15) is 4.79 Å². The van der Waals surface area contributed by atoms with E-state index in [2.05, 4.69) is 20.6 Å². The molecule has 21 heavy (non-hydrogen) atoms. The Kier molecular flexibility index (Phi) is 4.57. The fourth-order valence-electron chi connectivity index (χ4n) is 1.76. The normalized spacial score (nSPS) is 11.2. The Morgan fingerprint density at radius 1 is 1.14 bits per heavy atom. The molecule has 0 fully saturated rings. The lowest BCUT2D eigenvalue weighted by Crippen LogP contribution is -2.34. The van der Waals surface area contributed by atoms with Gasteiger partial charge in [-0.3, -0.25) is 9.97 Å². The van der Waals surface area contributed by atoms with Gasteiger partial charge in [0, 0.05) is 31.2 Å². The molecule has 0 aliphatic heterocycles. The fourth-order valence-corrected chi connectivity index (χ4v) is 1.76. The Balaban J connectivity index is 1.79. The summed E-state index contributed by atoms with van der Waals surface area (Å²) < 4.78 is 5.15. The number of hydrogen-bond donors (Lipinski definition) is 2. The second kappa shape index (κ2) is 6.39. The maximum Gasteiger partial charge on any atom is 0.407 e. The summed E-state index contributed by atoms with van der Waals surface area (Å²) in [6, 6.07) is 5.77. The van der Waals surface area contributed by atoms with E-state index in [1.807, 2.05) is 39.0 Å². The topological polar surface area (TPSA) is 76.1 Å². The molecular formula is C15H20N4O2. The van der Waals surface area contributed by atoms with Gasteiger partial charge in [0.1, 0.15) is 5.60 Å². The standard InChI is InChI=1S/C15H20N4O2/c1-15(2,3)21-14(20)19-9-6-16-11-4-5-12-13(10-11)18-8-7-17-12/h4-5,7-8,10,16H,6,9H2,1-3H3,(H,19,20). The van der Waals surface area contributed by atoms with Gasteiger partial charge in [0.15, 0.2) is 0 Å². The molecule has 6 nitrogen and oxygen atoms in total. The number of carbonyl (C=O) groups excluding carboxylic acids is 1. The summed E-state index contributed by atoms with van der Waals surface area (Å²) in [5.41, 5.74) is 2.15. The second-order valence-electron chi connectivity index (χ2n) is 5.62. The molecule has 1 heterocycles. The number of alkyl carbamates (subject to hydrolysis) is 1. The van der Waals surface area contributed by atoms with E-state index in [0.717, 1.165) is 16.7 Å². The van der Waals surface area contributed by atoms with Crippen molar-refractivity contribution < 1.29 is 9.53 Å². The van der Waals surface area contributed by atoms with E-state index in [-0.39, 0.29) is 0 Å². The number of hydrogen-bond acceptors (Lipinski definition) is 5. The van der Waals surface area contributed by atoms with Gasteiger partial charge in [0.25, 0.3) is 0 Å². The molecule has 1 amide bonds. The van der Waals surface area contributed by atoms with Gasteiger partial charge in [0.05, 0.1) is 11.0 Å². The summed E-state index contributed by atoms with van der Waals surface area (Å²) in [6.45, 7) is 6.58. The largest absolute Gasteiger partial charge is 0.444 e. The number of carbonyl (C=O) groups is 1. The van der Waals surface area contributed by atoms with Crippen LogP contribution < -0.4 is 10.6 Å². The van der Waals surface area contributed by atoms with E-state index in [0.29, 0.717) is 13.1 Å². The zero-order valence-corrected chi connectivity index (χ0v) is 12.5. The van der Waals surface area contributed by atoms with E-state index in [4.69, 9.17) is 4.74 Å². The van der Waals surface area contributed by atoms with Crippen molar-refractivity contribution in [2.45, 2.75) is 26.4 Å². The smallest absolute Gasteiger partial charge is 0.407 e. The zero-order valence-electron chi connectivity index (χ0n) is 12.5. The Bertz CT molecular complexity index is 622. The number of nitrogens with one attached hydrogen (secondary N) is 2. The molecule has 0 saturated carbocycles. The number of aromatic nitrogens is 2. The van der Waals surface area contributed by atoms with Crippen molar-refractivity contribution in [3.8, 4) is 0 Å². The second-order valence-corrected chi connectivity index (χ2v) is 5.62. The third kappa shape index (κ3) is 4.91. The first kappa shape index (κ1) is 15.0. The van der Waals surface area contributed by atoms with Gasteiger partial charge in [-0.05, 0) is 39.0 Å². The third-order valence-electron chi connectivity index (χ3n) is 2.59. The first-order valence-electron chi connectivity index (χ1n) is 6.85. The SMILES string of the molecule is CC(C)(C)OC(=O)NCCNc1ccc2nccnc2c1. The highest BCUT2D eigenvalue weighted by molar-refractivity contribution is 5.78. The van der Waals surface area contributed by atoms with Crippen LogP contribution in [0.1, 0.15) is 20.8 Å². The lowest BCUT2D eigenvalue weighted by molar-refractivity contribution is 0.0530. The van der Waals surface area contributed by atoms with Gasteiger partial charge < -0.3 is 15.4 Å². The van der Waals surface area contributed by atoms with Crippen LogP contribution in [-0.4, -0.2) is 34.8 Å². The number of fused-ring (bicyclic) bond motifs is 1. The lowest BCUT2D eigenvalue weighted by atomic mass is 10.2. The maximum atomic E-state index is 11.5. The molecule has 0 spiro atoms. The van der Waals surface area contributed by atoms with Crippen molar-refractivity contribution in [3.05, 3.63) is 30.6 Å². The summed E-state index contributed by atoms with van der Waals surface area (Å²) >= 11 is 0. The van der Waals surface area contributed by atoms with E-state index in [1.165, 1.54) is 0 Å². The number of benzene rings is 1. The summed E-state index contributed by atoms with van der Waals surface area (Å²) in [5.74, 6) is 0. The molecule has 0 atom stereocenters. The third-order valence-corrected chi connectivity index (χ3v) is 2.59. The molecule has 1 aromatic carbocycles. The van der Waals surface area contributed by atoms with Crippen LogP contribution in [0.5, 0.6) is 0 Å². The molecule has 2 rings (SSSR count). The van der Waals surface area contributed by atoms with E-state index in [1.54, 1.807) is 12.4 Å². The molecule has 0 aliphatic carbocycles. The van der Waals surface area contributed by atoms with Crippen molar-refractivity contribution in [1.82, 2.24) is 15.3 Å². The average molecular weight is 288 g/mol. The highest BCUT2D eigenvalue weighted by atomic mass is 16.6. The maximum absolute atomic E-state index is 11.5. The predicted octanol–water partition coefficient (Wildman–Crippen LogP) is 2.57. The molecule has 112 valence electrons. The summed E-state index contributed by atoms with van der Waals surface area (Å²) in [5, 5.41) is 5.91. The molecule has 2 aromatic rings. The molecule has 6 heteroatoms. The molecule has 0 radical (unpaired) electrons. The quantitative estimate of drug-likeness (QED) is 0.846. The molecule has 2 N–H and O–H groups in total. The van der Waals surface area contributed by atoms with Crippen LogP contribution in [0, 0.1) is 0 Å². The van der Waals surface area contributed by atoms with Crippen molar-refractivity contribution in [3.63, 3.8) is 0 Å². The van der Waals surface area contributed by atoms with E-state index < -0.39 is 11.7 Å². The average Bonchev–Trinajstić information content (AvgIpc) is 2.41. The summed E-state index contributed by atoms with van der Waals surface area (Å²) in [6.07, 6.45) is 2.92. The Morgan fingerprint density at radius 3 is 2.57 bits per heavy atom. The van der Waals surface area contributed by atoms with Gasteiger partial charge in [0.2, 0.25) is 0 Å². The zero-order chi connectivity index (χ0) is 15.3. The van der Waals surface area contributed by atoms with Crippen LogP contribution in [0.25, 0.3) is 11.0 Å². The lowest BCUT2D eigenvalue weighted by Gasteiger charge is -2.19. The number of amides is 1. The van der Waals surface area contributed by atoms with Gasteiger partial charge in [-0.2, -0.15) is 0 Å². The van der Waals surface area contributed by atoms with Crippen molar-refractivity contribution in [1.29, 1.82) is 0 Å². The van der Waals surface area contributed by atoms with Crippen LogP contribution >= 0.6 is 0 Å². The van der Waals surface area contributed by atoms with Crippen LogP contribution in [0.2, 0.25) is 0 Å². The van der Waals surface area contributed by atoms with Crippen LogP contribution in [0.15, 0.2) is 30.6 Å². The fraction of sp³-hybridized carbons (Fsp3) is 0.400. The minimum Gasteiger partial charge on any atom is -0.444 e. The minimum absolute atomic E-state index is 0.409. The number of anilines is 1. The number of nitrogens with zero attached hydrogens (tertiary/aromatic N) is 2. The van der Waals surface area contributed by atoms with Gasteiger partial charge in [-0.25, -0.2) is 4.79 Å². The van der Waals surface area contributed by atoms with Gasteiger partial charge in [-0.15, -0.1) is 0 Å². The molecule has 0 saturated heterocycles.